The van der Waals surface area contributed by atoms with Gasteiger partial charge in [0, 0.05) is 5.69 Å². The maximum atomic E-state index is 9.06. The van der Waals surface area contributed by atoms with Gasteiger partial charge >= 0.3 is 0 Å². The fourth-order valence-corrected chi connectivity index (χ4v) is 1.81. The summed E-state index contributed by atoms with van der Waals surface area (Å²) in [4.78, 5) is 9.06. The van der Waals surface area contributed by atoms with Gasteiger partial charge in [0.25, 0.3) is 0 Å². The molecule has 0 heterocycles. The Balaban J connectivity index is 0.000000491. The van der Waals surface area contributed by atoms with Gasteiger partial charge in [-0.25, -0.2) is 0 Å². The van der Waals surface area contributed by atoms with Crippen molar-refractivity contribution in [2.75, 3.05) is 5.73 Å². The SMILES string of the molecule is C=CC=O.C=CCCc1ccc(-c2ccc(N)cc2)cc1. The first-order chi connectivity index (χ1) is 10.2. The molecule has 0 fully saturated rings. The summed E-state index contributed by atoms with van der Waals surface area (Å²) < 4.78 is 0. The molecule has 0 bridgehead atoms. The first-order valence-electron chi connectivity index (χ1n) is 6.83. The molecule has 0 aliphatic carbocycles. The summed E-state index contributed by atoms with van der Waals surface area (Å²) in [5, 5.41) is 0. The molecule has 2 rings (SSSR count). The summed E-state index contributed by atoms with van der Waals surface area (Å²) in [5.41, 5.74) is 10.3. The molecule has 0 unspecified atom stereocenters. The second-order valence-electron chi connectivity index (χ2n) is 4.52. The van der Waals surface area contributed by atoms with Crippen LogP contribution in [-0.4, -0.2) is 6.29 Å². The van der Waals surface area contributed by atoms with E-state index in [4.69, 9.17) is 10.5 Å². The van der Waals surface area contributed by atoms with Crippen LogP contribution in [-0.2, 0) is 11.2 Å². The molecular weight excluding hydrogens is 258 g/mol. The third-order valence-electron chi connectivity index (χ3n) is 2.93. The molecule has 0 radical (unpaired) electrons. The monoisotopic (exact) mass is 279 g/mol. The molecule has 0 saturated carbocycles. The number of rotatable bonds is 5. The molecule has 0 atom stereocenters. The van der Waals surface area contributed by atoms with Gasteiger partial charge in [0.1, 0.15) is 6.29 Å². The van der Waals surface area contributed by atoms with Crippen LogP contribution >= 0.6 is 0 Å². The molecule has 2 N–H and O–H groups in total. The zero-order chi connectivity index (χ0) is 15.5. The Labute approximate surface area is 126 Å². The molecule has 0 aliphatic heterocycles. The number of nitrogen functional groups attached to an aromatic ring is 1. The van der Waals surface area contributed by atoms with E-state index in [2.05, 4.69) is 37.4 Å². The number of benzene rings is 2. The van der Waals surface area contributed by atoms with Crippen LogP contribution in [0.25, 0.3) is 11.1 Å². The summed E-state index contributed by atoms with van der Waals surface area (Å²) in [6, 6.07) is 16.6. The third-order valence-corrected chi connectivity index (χ3v) is 2.93. The second-order valence-corrected chi connectivity index (χ2v) is 4.52. The lowest BCUT2D eigenvalue weighted by Crippen LogP contribution is -1.85. The van der Waals surface area contributed by atoms with Crippen LogP contribution in [0.3, 0.4) is 0 Å². The van der Waals surface area contributed by atoms with Crippen molar-refractivity contribution in [1.82, 2.24) is 0 Å². The fraction of sp³-hybridized carbons (Fsp3) is 0.105. The minimum Gasteiger partial charge on any atom is -0.399 e. The van der Waals surface area contributed by atoms with Crippen LogP contribution < -0.4 is 5.73 Å². The smallest absolute Gasteiger partial charge is 0.142 e. The van der Waals surface area contributed by atoms with Gasteiger partial charge < -0.3 is 5.73 Å². The van der Waals surface area contributed by atoms with E-state index in [1.165, 1.54) is 22.8 Å². The van der Waals surface area contributed by atoms with E-state index < -0.39 is 0 Å². The highest BCUT2D eigenvalue weighted by atomic mass is 16.1. The van der Waals surface area contributed by atoms with Crippen molar-refractivity contribution < 1.29 is 4.79 Å². The van der Waals surface area contributed by atoms with Crippen LogP contribution in [0, 0.1) is 0 Å². The standard InChI is InChI=1S/C16H17N.C3H4O/c1-2-3-4-13-5-7-14(8-6-13)15-9-11-16(17)12-10-15;1-2-3-4/h2,5-12H,1,3-4,17H2;2-3H,1H2. The molecule has 0 saturated heterocycles. The molecule has 2 nitrogen and oxygen atoms in total. The Bertz CT molecular complexity index is 562. The van der Waals surface area contributed by atoms with Crippen molar-refractivity contribution in [3.63, 3.8) is 0 Å². The molecule has 108 valence electrons. The number of hydrogen-bond acceptors (Lipinski definition) is 2. The highest BCUT2D eigenvalue weighted by Gasteiger charge is 1.97. The minimum absolute atomic E-state index is 0.639. The Morgan fingerprint density at radius 1 is 0.905 bits per heavy atom. The van der Waals surface area contributed by atoms with E-state index in [0.29, 0.717) is 6.29 Å². The Morgan fingerprint density at radius 3 is 1.81 bits per heavy atom. The van der Waals surface area contributed by atoms with Crippen LogP contribution in [0.2, 0.25) is 0 Å². The molecular formula is C19H21NO. The van der Waals surface area contributed by atoms with E-state index in [-0.39, 0.29) is 0 Å². The van der Waals surface area contributed by atoms with Gasteiger partial charge in [0.05, 0.1) is 0 Å². The normalized spacial score (nSPS) is 9.14. The summed E-state index contributed by atoms with van der Waals surface area (Å²) in [7, 11) is 0. The van der Waals surface area contributed by atoms with E-state index in [1.54, 1.807) is 0 Å². The number of carbonyl (C=O) groups excluding carboxylic acids is 1. The number of aryl methyl sites for hydroxylation is 1. The highest BCUT2D eigenvalue weighted by molar-refractivity contribution is 5.65. The molecule has 2 aromatic carbocycles. The third kappa shape index (κ3) is 5.91. The topological polar surface area (TPSA) is 43.1 Å². The lowest BCUT2D eigenvalue weighted by atomic mass is 10.0. The predicted octanol–water partition coefficient (Wildman–Crippen LogP) is 4.43. The molecule has 0 spiro atoms. The first kappa shape index (κ1) is 16.4. The van der Waals surface area contributed by atoms with Crippen LogP contribution in [0.4, 0.5) is 5.69 Å². The maximum absolute atomic E-state index is 9.06. The van der Waals surface area contributed by atoms with Crippen molar-refractivity contribution in [2.24, 2.45) is 0 Å². The number of allylic oxidation sites excluding steroid dienone is 2. The fourth-order valence-electron chi connectivity index (χ4n) is 1.81. The molecule has 0 amide bonds. The van der Waals surface area contributed by atoms with Gasteiger partial charge in [0.2, 0.25) is 0 Å². The molecule has 2 heteroatoms. The van der Waals surface area contributed by atoms with E-state index in [9.17, 15) is 0 Å². The van der Waals surface area contributed by atoms with Crippen LogP contribution in [0.5, 0.6) is 0 Å². The van der Waals surface area contributed by atoms with E-state index in [0.717, 1.165) is 18.5 Å². The lowest BCUT2D eigenvalue weighted by molar-refractivity contribution is -0.104. The van der Waals surface area contributed by atoms with Crippen molar-refractivity contribution in [3.05, 3.63) is 79.4 Å². The number of hydrogen-bond donors (Lipinski definition) is 1. The number of nitrogens with two attached hydrogens (primary N) is 1. The van der Waals surface area contributed by atoms with Crippen molar-refractivity contribution in [1.29, 1.82) is 0 Å². The van der Waals surface area contributed by atoms with Gasteiger partial charge in [-0.3, -0.25) is 4.79 Å². The lowest BCUT2D eigenvalue weighted by Gasteiger charge is -2.04. The second kappa shape index (κ2) is 9.32. The van der Waals surface area contributed by atoms with Crippen LogP contribution in [0.15, 0.2) is 73.8 Å². The van der Waals surface area contributed by atoms with Crippen molar-refractivity contribution in [3.8, 4) is 11.1 Å². The first-order valence-corrected chi connectivity index (χ1v) is 6.83. The van der Waals surface area contributed by atoms with E-state index >= 15 is 0 Å². The minimum atomic E-state index is 0.639. The Kier molecular flexibility index (Phi) is 7.30. The average molecular weight is 279 g/mol. The summed E-state index contributed by atoms with van der Waals surface area (Å²) in [6.45, 7) is 6.85. The van der Waals surface area contributed by atoms with Crippen molar-refractivity contribution >= 4 is 12.0 Å². The molecule has 0 aliphatic rings. The number of anilines is 1. The Morgan fingerprint density at radius 2 is 1.38 bits per heavy atom. The van der Waals surface area contributed by atoms with Gasteiger partial charge in [-0.15, -0.1) is 6.58 Å². The largest absolute Gasteiger partial charge is 0.399 e. The number of aldehydes is 1. The van der Waals surface area contributed by atoms with Gasteiger partial charge in [-0.2, -0.15) is 0 Å². The summed E-state index contributed by atoms with van der Waals surface area (Å²) >= 11 is 0. The maximum Gasteiger partial charge on any atom is 0.142 e. The van der Waals surface area contributed by atoms with Gasteiger partial charge in [-0.1, -0.05) is 49.1 Å². The quantitative estimate of drug-likeness (QED) is 0.381. The zero-order valence-corrected chi connectivity index (χ0v) is 12.2. The zero-order valence-electron chi connectivity index (χ0n) is 12.2. The average Bonchev–Trinajstić information content (AvgIpc) is 2.54. The molecule has 0 aromatic heterocycles. The summed E-state index contributed by atoms with van der Waals surface area (Å²) in [6.07, 6.45) is 5.88. The van der Waals surface area contributed by atoms with Gasteiger partial charge in [0.15, 0.2) is 0 Å². The molecule has 2 aromatic rings. The molecule has 21 heavy (non-hydrogen) atoms. The van der Waals surface area contributed by atoms with Gasteiger partial charge in [-0.05, 0) is 47.7 Å². The van der Waals surface area contributed by atoms with Crippen molar-refractivity contribution in [2.45, 2.75) is 12.8 Å². The van der Waals surface area contributed by atoms with Crippen LogP contribution in [0.1, 0.15) is 12.0 Å². The Hall–Kier alpha value is -2.61. The summed E-state index contributed by atoms with van der Waals surface area (Å²) in [5.74, 6) is 0. The predicted molar refractivity (Wildman–Crippen MR) is 91.1 cm³/mol. The highest BCUT2D eigenvalue weighted by Crippen LogP contribution is 2.21. The number of carbonyl (C=O) groups is 1. The van der Waals surface area contributed by atoms with E-state index in [1.807, 2.05) is 30.3 Å².